The smallest absolute Gasteiger partial charge is 0.137 e. The summed E-state index contributed by atoms with van der Waals surface area (Å²) in [6.45, 7) is 2.77. The van der Waals surface area contributed by atoms with Crippen LogP contribution in [0, 0.1) is 11.3 Å². The average molecular weight is 407 g/mol. The van der Waals surface area contributed by atoms with E-state index >= 15 is 0 Å². The minimum atomic E-state index is 0.317. The van der Waals surface area contributed by atoms with Crippen molar-refractivity contribution in [2.45, 2.75) is 51.0 Å². The molecule has 0 saturated carbocycles. The molecule has 2 aliphatic rings. The molecule has 2 aromatic heterocycles. The van der Waals surface area contributed by atoms with Crippen LogP contribution in [0.1, 0.15) is 55.2 Å². The third-order valence-corrected chi connectivity index (χ3v) is 6.40. The van der Waals surface area contributed by atoms with Crippen LogP contribution < -0.4 is 4.90 Å². The lowest BCUT2D eigenvalue weighted by molar-refractivity contribution is 0.466. The van der Waals surface area contributed by atoms with E-state index in [0.29, 0.717) is 16.5 Å². The maximum Gasteiger partial charge on any atom is 0.137 e. The molecule has 0 aliphatic carbocycles. The van der Waals surface area contributed by atoms with Gasteiger partial charge in [-0.15, -0.1) is 10.2 Å². The van der Waals surface area contributed by atoms with E-state index in [1.165, 1.54) is 19.3 Å². The quantitative estimate of drug-likeness (QED) is 0.628. The highest BCUT2D eigenvalue weighted by Gasteiger charge is 2.29. The first-order chi connectivity index (χ1) is 14.2. The number of anilines is 1. The van der Waals surface area contributed by atoms with Crippen LogP contribution in [0.3, 0.4) is 0 Å². The third kappa shape index (κ3) is 3.34. The van der Waals surface area contributed by atoms with E-state index in [1.807, 2.05) is 18.2 Å². The van der Waals surface area contributed by atoms with Gasteiger partial charge in [-0.05, 0) is 43.9 Å². The molecule has 5 rings (SSSR count). The standard InChI is InChI=1S/C22H23ClN6/c23-17-7-8-19-18(11-17)21(16(12-24)13-25-19)28-9-4-5-15(14-28)22-27-26-20-6-2-1-3-10-29(20)22/h7-8,11,13,15H,1-6,9-10,14H2. The summed E-state index contributed by atoms with van der Waals surface area (Å²) in [5.41, 5.74) is 2.41. The summed E-state index contributed by atoms with van der Waals surface area (Å²) in [7, 11) is 0. The number of piperidine rings is 1. The molecule has 0 N–H and O–H groups in total. The van der Waals surface area contributed by atoms with Gasteiger partial charge in [0.15, 0.2) is 0 Å². The molecule has 1 atom stereocenters. The maximum atomic E-state index is 9.74. The number of nitriles is 1. The van der Waals surface area contributed by atoms with Crippen LogP contribution in [0.25, 0.3) is 10.9 Å². The van der Waals surface area contributed by atoms with Gasteiger partial charge in [0.1, 0.15) is 17.7 Å². The lowest BCUT2D eigenvalue weighted by Gasteiger charge is -2.35. The number of halogens is 1. The summed E-state index contributed by atoms with van der Waals surface area (Å²) in [6.07, 6.45) is 8.51. The SMILES string of the molecule is N#Cc1cnc2ccc(Cl)cc2c1N1CCCC(c2nnc3n2CCCCC3)C1. The minimum absolute atomic E-state index is 0.317. The molecule has 6 nitrogen and oxygen atoms in total. The highest BCUT2D eigenvalue weighted by atomic mass is 35.5. The fraction of sp³-hybridized carbons (Fsp3) is 0.455. The fourth-order valence-electron chi connectivity index (χ4n) is 4.77. The predicted molar refractivity (Wildman–Crippen MR) is 113 cm³/mol. The van der Waals surface area contributed by atoms with E-state index in [0.717, 1.165) is 67.1 Å². The Kier molecular flexibility index (Phi) is 4.84. The Balaban J connectivity index is 1.53. The monoisotopic (exact) mass is 406 g/mol. The van der Waals surface area contributed by atoms with Crippen molar-refractivity contribution in [3.63, 3.8) is 0 Å². The van der Waals surface area contributed by atoms with Gasteiger partial charge in [-0.3, -0.25) is 4.98 Å². The number of fused-ring (bicyclic) bond motifs is 2. The van der Waals surface area contributed by atoms with Gasteiger partial charge in [0, 0.05) is 48.6 Å². The molecular formula is C22H23ClN6. The van der Waals surface area contributed by atoms with E-state index in [9.17, 15) is 5.26 Å². The first kappa shape index (κ1) is 18.4. The first-order valence-electron chi connectivity index (χ1n) is 10.4. The third-order valence-electron chi connectivity index (χ3n) is 6.16. The van der Waals surface area contributed by atoms with Gasteiger partial charge in [0.05, 0.1) is 16.8 Å². The molecule has 0 bridgehead atoms. The second-order valence-corrected chi connectivity index (χ2v) is 8.45. The van der Waals surface area contributed by atoms with Gasteiger partial charge in [-0.25, -0.2) is 0 Å². The number of benzene rings is 1. The number of hydrogen-bond donors (Lipinski definition) is 0. The van der Waals surface area contributed by atoms with Gasteiger partial charge in [0.2, 0.25) is 0 Å². The molecule has 7 heteroatoms. The normalized spacial score (nSPS) is 19.6. The Bertz CT molecular complexity index is 1100. The Hall–Kier alpha value is -2.65. The van der Waals surface area contributed by atoms with Crippen LogP contribution in [0.4, 0.5) is 5.69 Å². The lowest BCUT2D eigenvalue weighted by atomic mass is 9.95. The number of aromatic nitrogens is 4. The van der Waals surface area contributed by atoms with Crippen molar-refractivity contribution < 1.29 is 0 Å². The highest BCUT2D eigenvalue weighted by Crippen LogP contribution is 2.36. The van der Waals surface area contributed by atoms with Crippen LogP contribution in [0.5, 0.6) is 0 Å². The summed E-state index contributed by atoms with van der Waals surface area (Å²) in [5, 5.41) is 20.4. The predicted octanol–water partition coefficient (Wildman–Crippen LogP) is 4.46. The van der Waals surface area contributed by atoms with Crippen molar-refractivity contribution in [2.75, 3.05) is 18.0 Å². The molecule has 2 aliphatic heterocycles. The number of hydrogen-bond acceptors (Lipinski definition) is 5. The van der Waals surface area contributed by atoms with Gasteiger partial charge < -0.3 is 9.47 Å². The molecule has 148 valence electrons. The number of aryl methyl sites for hydroxylation is 1. The van der Waals surface area contributed by atoms with Gasteiger partial charge >= 0.3 is 0 Å². The molecule has 0 radical (unpaired) electrons. The largest absolute Gasteiger partial charge is 0.369 e. The van der Waals surface area contributed by atoms with Crippen molar-refractivity contribution in [3.05, 3.63) is 46.6 Å². The summed E-state index contributed by atoms with van der Waals surface area (Å²) in [4.78, 5) is 6.78. The number of pyridine rings is 1. The van der Waals surface area contributed by atoms with Crippen LogP contribution in [0.15, 0.2) is 24.4 Å². The van der Waals surface area contributed by atoms with E-state index in [4.69, 9.17) is 11.6 Å². The molecule has 1 saturated heterocycles. The zero-order valence-corrected chi connectivity index (χ0v) is 17.1. The van der Waals surface area contributed by atoms with Crippen molar-refractivity contribution >= 4 is 28.2 Å². The van der Waals surface area contributed by atoms with E-state index < -0.39 is 0 Å². The maximum absolute atomic E-state index is 9.74. The number of rotatable bonds is 2. The molecule has 1 aromatic carbocycles. The summed E-state index contributed by atoms with van der Waals surface area (Å²) in [5.74, 6) is 2.56. The van der Waals surface area contributed by atoms with Crippen molar-refractivity contribution in [3.8, 4) is 6.07 Å². The molecule has 29 heavy (non-hydrogen) atoms. The summed E-state index contributed by atoms with van der Waals surface area (Å²) in [6, 6.07) is 8.02. The van der Waals surface area contributed by atoms with Crippen molar-refractivity contribution in [2.24, 2.45) is 0 Å². The zero-order valence-electron chi connectivity index (χ0n) is 16.3. The Morgan fingerprint density at radius 2 is 2.03 bits per heavy atom. The number of nitrogens with zero attached hydrogens (tertiary/aromatic N) is 6. The molecule has 0 amide bonds. The fourth-order valence-corrected chi connectivity index (χ4v) is 4.95. The van der Waals surface area contributed by atoms with Gasteiger partial charge in [-0.1, -0.05) is 18.0 Å². The Labute approximate surface area is 175 Å². The second kappa shape index (κ2) is 7.64. The molecule has 4 heterocycles. The van der Waals surface area contributed by atoms with Crippen LogP contribution in [-0.4, -0.2) is 32.8 Å². The summed E-state index contributed by atoms with van der Waals surface area (Å²) >= 11 is 6.28. The van der Waals surface area contributed by atoms with E-state index in [-0.39, 0.29) is 0 Å². The Morgan fingerprint density at radius 3 is 2.93 bits per heavy atom. The van der Waals surface area contributed by atoms with Crippen LogP contribution >= 0.6 is 11.6 Å². The van der Waals surface area contributed by atoms with Gasteiger partial charge in [0.25, 0.3) is 0 Å². The minimum Gasteiger partial charge on any atom is -0.369 e. The molecular weight excluding hydrogens is 384 g/mol. The van der Waals surface area contributed by atoms with Crippen LogP contribution in [-0.2, 0) is 13.0 Å². The second-order valence-electron chi connectivity index (χ2n) is 8.02. The molecule has 1 unspecified atom stereocenters. The Morgan fingerprint density at radius 1 is 1.10 bits per heavy atom. The van der Waals surface area contributed by atoms with Crippen molar-refractivity contribution in [1.29, 1.82) is 5.26 Å². The summed E-state index contributed by atoms with van der Waals surface area (Å²) < 4.78 is 2.36. The average Bonchev–Trinajstić information content (AvgIpc) is 3.01. The van der Waals surface area contributed by atoms with E-state index in [1.54, 1.807) is 6.20 Å². The molecule has 0 spiro atoms. The van der Waals surface area contributed by atoms with Gasteiger partial charge in [-0.2, -0.15) is 5.26 Å². The van der Waals surface area contributed by atoms with E-state index in [2.05, 4.69) is 30.7 Å². The van der Waals surface area contributed by atoms with Crippen molar-refractivity contribution in [1.82, 2.24) is 19.7 Å². The highest BCUT2D eigenvalue weighted by molar-refractivity contribution is 6.31. The molecule has 3 aromatic rings. The first-order valence-corrected chi connectivity index (χ1v) is 10.8. The topological polar surface area (TPSA) is 70.6 Å². The van der Waals surface area contributed by atoms with Crippen LogP contribution in [0.2, 0.25) is 5.02 Å². The lowest BCUT2D eigenvalue weighted by Crippen LogP contribution is -2.36. The molecule has 1 fully saturated rings. The zero-order chi connectivity index (χ0) is 19.8.